The Bertz CT molecular complexity index is 724. The molecule has 0 aliphatic heterocycles. The molecule has 0 spiro atoms. The number of nitrogens with one attached hydrogen (secondary N) is 1. The largest absolute Gasteiger partial charge is 0.381 e. The van der Waals surface area contributed by atoms with E-state index >= 15 is 0 Å². The molecule has 6 heteroatoms. The van der Waals surface area contributed by atoms with Crippen LogP contribution in [-0.4, -0.2) is 54.5 Å². The van der Waals surface area contributed by atoms with Crippen molar-refractivity contribution in [2.75, 3.05) is 33.9 Å². The highest BCUT2D eigenvalue weighted by atomic mass is 16.5. The Morgan fingerprint density at radius 3 is 2.68 bits per heavy atom. The Kier molecular flexibility index (Phi) is 9.01. The standard InChI is InChI=1S/C22H35N5O/c1-18(2)21-20(17-27(5)25-21)16-26(4)22(23-3)24-13-9-14-28-15-12-19-10-7-6-8-11-19/h6-8,10-11,17-18H,9,12-16H2,1-5H3,(H,23,24). The van der Waals surface area contributed by atoms with Gasteiger partial charge in [0.05, 0.1) is 12.3 Å². The van der Waals surface area contributed by atoms with E-state index in [1.165, 1.54) is 11.1 Å². The summed E-state index contributed by atoms with van der Waals surface area (Å²) in [5.41, 5.74) is 3.71. The average molecular weight is 386 g/mol. The van der Waals surface area contributed by atoms with E-state index in [0.717, 1.165) is 50.8 Å². The molecule has 0 aliphatic rings. The lowest BCUT2D eigenvalue weighted by molar-refractivity contribution is 0.135. The third-order valence-electron chi connectivity index (χ3n) is 4.59. The number of aromatic nitrogens is 2. The fourth-order valence-corrected chi connectivity index (χ4v) is 3.19. The van der Waals surface area contributed by atoms with Crippen LogP contribution in [0.15, 0.2) is 41.5 Å². The maximum absolute atomic E-state index is 5.75. The molecule has 0 amide bonds. The van der Waals surface area contributed by atoms with E-state index < -0.39 is 0 Å². The second-order valence-corrected chi connectivity index (χ2v) is 7.40. The first-order chi connectivity index (χ1) is 13.5. The van der Waals surface area contributed by atoms with Gasteiger partial charge in [0.1, 0.15) is 0 Å². The minimum atomic E-state index is 0.410. The molecule has 0 saturated heterocycles. The molecule has 0 saturated carbocycles. The average Bonchev–Trinajstić information content (AvgIpc) is 3.05. The van der Waals surface area contributed by atoms with Crippen LogP contribution in [0.5, 0.6) is 0 Å². The van der Waals surface area contributed by atoms with Gasteiger partial charge in [-0.15, -0.1) is 0 Å². The molecule has 2 aromatic rings. The van der Waals surface area contributed by atoms with Gasteiger partial charge in [0.15, 0.2) is 5.96 Å². The van der Waals surface area contributed by atoms with Crippen molar-refractivity contribution in [1.82, 2.24) is 20.0 Å². The van der Waals surface area contributed by atoms with Crippen LogP contribution >= 0.6 is 0 Å². The normalized spacial score (nSPS) is 11.9. The lowest BCUT2D eigenvalue weighted by Crippen LogP contribution is -2.39. The second-order valence-electron chi connectivity index (χ2n) is 7.40. The number of aliphatic imine (C=N–C) groups is 1. The third kappa shape index (κ3) is 7.00. The molecule has 154 valence electrons. The van der Waals surface area contributed by atoms with E-state index in [2.05, 4.69) is 71.7 Å². The molecule has 0 bridgehead atoms. The molecule has 0 aliphatic carbocycles. The monoisotopic (exact) mass is 385 g/mol. The van der Waals surface area contributed by atoms with Gasteiger partial charge in [0, 0.05) is 52.6 Å². The first-order valence-corrected chi connectivity index (χ1v) is 10.1. The fraction of sp³-hybridized carbons (Fsp3) is 0.545. The summed E-state index contributed by atoms with van der Waals surface area (Å²) in [4.78, 5) is 6.54. The van der Waals surface area contributed by atoms with Crippen molar-refractivity contribution in [3.05, 3.63) is 53.3 Å². The SMILES string of the molecule is CN=C(NCCCOCCc1ccccc1)N(C)Cc1cn(C)nc1C(C)C. The minimum Gasteiger partial charge on any atom is -0.381 e. The number of nitrogens with zero attached hydrogens (tertiary/aromatic N) is 4. The number of benzene rings is 1. The minimum absolute atomic E-state index is 0.410. The molecule has 2 rings (SSSR count). The highest BCUT2D eigenvalue weighted by Crippen LogP contribution is 2.18. The predicted octanol–water partition coefficient (Wildman–Crippen LogP) is 3.20. The summed E-state index contributed by atoms with van der Waals surface area (Å²) in [5, 5.41) is 8.01. The van der Waals surface area contributed by atoms with Gasteiger partial charge >= 0.3 is 0 Å². The van der Waals surface area contributed by atoms with Gasteiger partial charge in [0.25, 0.3) is 0 Å². The van der Waals surface area contributed by atoms with Crippen molar-refractivity contribution >= 4 is 5.96 Å². The van der Waals surface area contributed by atoms with E-state index in [9.17, 15) is 0 Å². The van der Waals surface area contributed by atoms with Crippen LogP contribution in [-0.2, 0) is 24.8 Å². The lowest BCUT2D eigenvalue weighted by atomic mass is 10.1. The van der Waals surface area contributed by atoms with Crippen molar-refractivity contribution < 1.29 is 4.74 Å². The summed E-state index contributed by atoms with van der Waals surface area (Å²) < 4.78 is 7.64. The summed E-state index contributed by atoms with van der Waals surface area (Å²) in [6, 6.07) is 10.4. The maximum atomic E-state index is 5.75. The van der Waals surface area contributed by atoms with Crippen molar-refractivity contribution in [3.63, 3.8) is 0 Å². The van der Waals surface area contributed by atoms with Crippen LogP contribution in [0, 0.1) is 0 Å². The second kappa shape index (κ2) is 11.5. The third-order valence-corrected chi connectivity index (χ3v) is 4.59. The first-order valence-electron chi connectivity index (χ1n) is 10.1. The quantitative estimate of drug-likeness (QED) is 0.388. The Morgan fingerprint density at radius 2 is 2.00 bits per heavy atom. The fourth-order valence-electron chi connectivity index (χ4n) is 3.19. The number of hydrogen-bond donors (Lipinski definition) is 1. The summed E-state index contributed by atoms with van der Waals surface area (Å²) in [6.45, 7) is 7.49. The Balaban J connectivity index is 1.68. The highest BCUT2D eigenvalue weighted by Gasteiger charge is 2.14. The molecule has 1 N–H and O–H groups in total. The molecular formula is C22H35N5O. The van der Waals surface area contributed by atoms with Crippen molar-refractivity contribution in [3.8, 4) is 0 Å². The van der Waals surface area contributed by atoms with Crippen LogP contribution < -0.4 is 5.32 Å². The summed E-state index contributed by atoms with van der Waals surface area (Å²) >= 11 is 0. The highest BCUT2D eigenvalue weighted by molar-refractivity contribution is 5.79. The number of aryl methyl sites for hydroxylation is 1. The smallest absolute Gasteiger partial charge is 0.193 e. The molecule has 0 radical (unpaired) electrons. The molecule has 1 heterocycles. The molecule has 1 aromatic heterocycles. The van der Waals surface area contributed by atoms with Gasteiger partial charge in [-0.25, -0.2) is 0 Å². The van der Waals surface area contributed by atoms with Crippen LogP contribution in [0.4, 0.5) is 0 Å². The van der Waals surface area contributed by atoms with Crippen molar-refractivity contribution in [2.45, 2.75) is 39.2 Å². The van der Waals surface area contributed by atoms with Gasteiger partial charge < -0.3 is 15.0 Å². The van der Waals surface area contributed by atoms with Gasteiger partial charge in [-0.3, -0.25) is 9.67 Å². The lowest BCUT2D eigenvalue weighted by Gasteiger charge is -2.22. The van der Waals surface area contributed by atoms with E-state index in [0.29, 0.717) is 5.92 Å². The molecule has 6 nitrogen and oxygen atoms in total. The maximum Gasteiger partial charge on any atom is 0.193 e. The van der Waals surface area contributed by atoms with E-state index in [4.69, 9.17) is 4.74 Å². The van der Waals surface area contributed by atoms with Crippen molar-refractivity contribution in [2.24, 2.45) is 12.0 Å². The van der Waals surface area contributed by atoms with Gasteiger partial charge in [0.2, 0.25) is 0 Å². The molecule has 1 aromatic carbocycles. The Labute approximate surface area is 169 Å². The summed E-state index contributed by atoms with van der Waals surface area (Å²) in [6.07, 6.45) is 4.01. The molecule has 0 atom stereocenters. The number of hydrogen-bond acceptors (Lipinski definition) is 3. The zero-order valence-electron chi connectivity index (χ0n) is 18.0. The molecule has 0 unspecified atom stereocenters. The van der Waals surface area contributed by atoms with Crippen LogP contribution in [0.3, 0.4) is 0 Å². The molecule has 0 fully saturated rings. The van der Waals surface area contributed by atoms with Crippen molar-refractivity contribution in [1.29, 1.82) is 0 Å². The first kappa shape index (κ1) is 22.0. The van der Waals surface area contributed by atoms with Crippen LogP contribution in [0.2, 0.25) is 0 Å². The zero-order chi connectivity index (χ0) is 20.4. The number of ether oxygens (including phenoxy) is 1. The Hall–Kier alpha value is -2.34. The molecule has 28 heavy (non-hydrogen) atoms. The Morgan fingerprint density at radius 1 is 1.25 bits per heavy atom. The van der Waals surface area contributed by atoms with Crippen LogP contribution in [0.25, 0.3) is 0 Å². The van der Waals surface area contributed by atoms with Gasteiger partial charge in [-0.2, -0.15) is 5.10 Å². The summed E-state index contributed by atoms with van der Waals surface area (Å²) in [7, 11) is 5.85. The van der Waals surface area contributed by atoms with Gasteiger partial charge in [-0.05, 0) is 24.3 Å². The number of rotatable bonds is 10. The predicted molar refractivity (Wildman–Crippen MR) is 116 cm³/mol. The van der Waals surface area contributed by atoms with E-state index in [1.807, 2.05) is 24.8 Å². The van der Waals surface area contributed by atoms with E-state index in [1.54, 1.807) is 0 Å². The van der Waals surface area contributed by atoms with Crippen LogP contribution in [0.1, 0.15) is 43.0 Å². The van der Waals surface area contributed by atoms with E-state index in [-0.39, 0.29) is 0 Å². The number of guanidine groups is 1. The summed E-state index contributed by atoms with van der Waals surface area (Å²) in [5.74, 6) is 1.30. The zero-order valence-corrected chi connectivity index (χ0v) is 18.0. The molecular weight excluding hydrogens is 350 g/mol. The van der Waals surface area contributed by atoms with Gasteiger partial charge in [-0.1, -0.05) is 44.2 Å². The topological polar surface area (TPSA) is 54.7 Å².